The Morgan fingerprint density at radius 2 is 1.63 bits per heavy atom. The number of aliphatic hydroxyl groups is 4. The smallest absolute Gasteiger partial charge is 0.165 e. The van der Waals surface area contributed by atoms with Crippen LogP contribution in [-0.2, 0) is 4.79 Å². The molecule has 35 heavy (non-hydrogen) atoms. The Labute approximate surface area is 212 Å². The number of carbonyl (C=O) groups is 1. The minimum absolute atomic E-state index is 0.111. The average Bonchev–Trinajstić information content (AvgIpc) is 3.09. The predicted molar refractivity (Wildman–Crippen MR) is 137 cm³/mol. The van der Waals surface area contributed by atoms with Crippen molar-refractivity contribution in [2.24, 2.45) is 45.3 Å². The molecule has 0 aromatic rings. The summed E-state index contributed by atoms with van der Waals surface area (Å²) < 4.78 is 0. The maximum Gasteiger partial charge on any atom is 0.165 e. The number of allylic oxidation sites excluding steroid dienone is 2. The third kappa shape index (κ3) is 3.66. The standard InChI is InChI=1S/C30H50O5/c1-17(2)10-9-13-30(8,35)18-11-15-28(6)21(18)22(33)23(34)25-27(5)14-12-20(32)26(3,4)24(27)19(31)16-29(25,28)7/h10,18-21,23-25,31-32,34-35H,9,11-16H2,1-8H3/t18-,19-,20-,21-,23+,24-,25+,27-,28+,29+,30-/m0/s1. The van der Waals surface area contributed by atoms with Crippen molar-refractivity contribution >= 4 is 5.78 Å². The van der Waals surface area contributed by atoms with Crippen molar-refractivity contribution < 1.29 is 25.2 Å². The number of fused-ring (bicyclic) bond motifs is 5. The van der Waals surface area contributed by atoms with Crippen LogP contribution in [0.3, 0.4) is 0 Å². The Morgan fingerprint density at radius 3 is 2.23 bits per heavy atom. The number of hydrogen-bond donors (Lipinski definition) is 4. The molecule has 4 fully saturated rings. The first-order chi connectivity index (χ1) is 15.9. The summed E-state index contributed by atoms with van der Waals surface area (Å²) in [5.74, 6) is -1.21. The van der Waals surface area contributed by atoms with E-state index in [1.54, 1.807) is 0 Å². The van der Waals surface area contributed by atoms with Crippen LogP contribution in [0.15, 0.2) is 11.6 Å². The minimum Gasteiger partial charge on any atom is -0.393 e. The molecule has 5 heteroatoms. The summed E-state index contributed by atoms with van der Waals surface area (Å²) in [6.07, 6.45) is 4.64. The van der Waals surface area contributed by atoms with Gasteiger partial charge in [-0.05, 0) is 99.2 Å². The highest BCUT2D eigenvalue weighted by molar-refractivity contribution is 5.88. The molecular weight excluding hydrogens is 440 g/mol. The number of ketones is 1. The van der Waals surface area contributed by atoms with E-state index in [1.165, 1.54) is 5.57 Å². The van der Waals surface area contributed by atoms with Crippen molar-refractivity contribution in [3.63, 3.8) is 0 Å². The Balaban J connectivity index is 1.76. The number of hydrogen-bond acceptors (Lipinski definition) is 5. The van der Waals surface area contributed by atoms with Gasteiger partial charge in [0, 0.05) is 11.8 Å². The molecule has 0 aromatic carbocycles. The lowest BCUT2D eigenvalue weighted by molar-refractivity contribution is -0.272. The van der Waals surface area contributed by atoms with Gasteiger partial charge in [-0.2, -0.15) is 0 Å². The van der Waals surface area contributed by atoms with Gasteiger partial charge in [0.25, 0.3) is 0 Å². The average molecular weight is 491 g/mol. The molecule has 5 nitrogen and oxygen atoms in total. The molecule has 0 heterocycles. The molecule has 0 unspecified atom stereocenters. The van der Waals surface area contributed by atoms with Gasteiger partial charge in [0.2, 0.25) is 0 Å². The highest BCUT2D eigenvalue weighted by atomic mass is 16.3. The van der Waals surface area contributed by atoms with Crippen LogP contribution < -0.4 is 0 Å². The summed E-state index contributed by atoms with van der Waals surface area (Å²) in [6.45, 7) is 16.6. The normalized spacial score (nSPS) is 50.5. The Morgan fingerprint density at radius 1 is 1.00 bits per heavy atom. The largest absolute Gasteiger partial charge is 0.393 e. The zero-order chi connectivity index (χ0) is 26.4. The van der Waals surface area contributed by atoms with E-state index in [-0.39, 0.29) is 23.5 Å². The molecule has 0 saturated heterocycles. The van der Waals surface area contributed by atoms with Gasteiger partial charge in [0.05, 0.1) is 17.8 Å². The van der Waals surface area contributed by atoms with Crippen LogP contribution in [0.25, 0.3) is 0 Å². The zero-order valence-corrected chi connectivity index (χ0v) is 23.3. The van der Waals surface area contributed by atoms with E-state index in [9.17, 15) is 25.2 Å². The van der Waals surface area contributed by atoms with Crippen molar-refractivity contribution in [3.8, 4) is 0 Å². The molecule has 0 bridgehead atoms. The Kier molecular flexibility index (Phi) is 6.53. The van der Waals surface area contributed by atoms with Gasteiger partial charge in [0.15, 0.2) is 5.78 Å². The van der Waals surface area contributed by atoms with E-state index in [2.05, 4.69) is 40.7 Å². The summed E-state index contributed by atoms with van der Waals surface area (Å²) in [4.78, 5) is 14.1. The van der Waals surface area contributed by atoms with Crippen molar-refractivity contribution in [2.75, 3.05) is 0 Å². The molecule has 0 radical (unpaired) electrons. The van der Waals surface area contributed by atoms with Gasteiger partial charge in [0.1, 0.15) is 6.10 Å². The van der Waals surface area contributed by atoms with Crippen molar-refractivity contribution in [1.82, 2.24) is 0 Å². The molecule has 0 aliphatic heterocycles. The first-order valence-electron chi connectivity index (χ1n) is 13.9. The molecule has 0 spiro atoms. The lowest BCUT2D eigenvalue weighted by atomic mass is 9.34. The first-order valence-corrected chi connectivity index (χ1v) is 13.9. The highest BCUT2D eigenvalue weighted by Gasteiger charge is 2.75. The molecule has 0 aromatic heterocycles. The van der Waals surface area contributed by atoms with Gasteiger partial charge in [-0.15, -0.1) is 0 Å². The highest BCUT2D eigenvalue weighted by Crippen LogP contribution is 2.75. The second kappa shape index (κ2) is 8.38. The summed E-state index contributed by atoms with van der Waals surface area (Å²) in [7, 11) is 0. The molecule has 4 rings (SSSR count). The molecule has 4 saturated carbocycles. The molecule has 11 atom stereocenters. The quantitative estimate of drug-likeness (QED) is 0.430. The predicted octanol–water partition coefficient (Wildman–Crippen LogP) is 4.65. The van der Waals surface area contributed by atoms with E-state index in [4.69, 9.17) is 0 Å². The van der Waals surface area contributed by atoms with Crippen LogP contribution in [0.2, 0.25) is 0 Å². The topological polar surface area (TPSA) is 98.0 Å². The maximum atomic E-state index is 14.1. The van der Waals surface area contributed by atoms with E-state index < -0.39 is 51.5 Å². The SMILES string of the molecule is CC(C)=CCC[C@](C)(O)[C@H]1CC[C@]2(C)[C@@H]1C(=O)[C@@H](O)[C@@H]1[C@@]3(C)CC[C@H](O)C(C)(C)[C@@H]3[C@@H](O)C[C@]12C. The summed E-state index contributed by atoms with van der Waals surface area (Å²) in [5, 5.41) is 45.9. The fraction of sp³-hybridized carbons (Fsp3) is 0.900. The first kappa shape index (κ1) is 27.3. The fourth-order valence-corrected chi connectivity index (χ4v) is 10.3. The van der Waals surface area contributed by atoms with Crippen molar-refractivity contribution in [1.29, 1.82) is 0 Å². The van der Waals surface area contributed by atoms with Gasteiger partial charge < -0.3 is 20.4 Å². The Bertz CT molecular complexity index is 887. The van der Waals surface area contributed by atoms with Crippen LogP contribution in [0.1, 0.15) is 100 Å². The molecule has 0 amide bonds. The van der Waals surface area contributed by atoms with Crippen molar-refractivity contribution in [3.05, 3.63) is 11.6 Å². The van der Waals surface area contributed by atoms with Crippen LogP contribution in [0, 0.1) is 45.3 Å². The zero-order valence-electron chi connectivity index (χ0n) is 23.3. The van der Waals surface area contributed by atoms with Gasteiger partial charge in [-0.25, -0.2) is 0 Å². The third-order valence-electron chi connectivity index (χ3n) is 12.0. The summed E-state index contributed by atoms with van der Waals surface area (Å²) in [5.41, 5.74) is -1.59. The van der Waals surface area contributed by atoms with E-state index in [0.717, 1.165) is 19.3 Å². The number of aliphatic hydroxyl groups excluding tert-OH is 3. The molecular formula is C30H50O5. The lowest BCUT2D eigenvalue weighted by Gasteiger charge is -2.71. The Hall–Kier alpha value is -0.750. The molecule has 4 N–H and O–H groups in total. The fourth-order valence-electron chi connectivity index (χ4n) is 10.3. The third-order valence-corrected chi connectivity index (χ3v) is 12.0. The maximum absolute atomic E-state index is 14.1. The minimum atomic E-state index is -1.11. The second-order valence-corrected chi connectivity index (χ2v) is 14.6. The van der Waals surface area contributed by atoms with E-state index >= 15 is 0 Å². The van der Waals surface area contributed by atoms with Crippen LogP contribution in [0.4, 0.5) is 0 Å². The van der Waals surface area contributed by atoms with E-state index in [0.29, 0.717) is 25.7 Å². The molecule has 4 aliphatic carbocycles. The van der Waals surface area contributed by atoms with Crippen LogP contribution >= 0.6 is 0 Å². The molecule has 4 aliphatic rings. The van der Waals surface area contributed by atoms with Crippen molar-refractivity contribution in [2.45, 2.75) is 124 Å². The van der Waals surface area contributed by atoms with Crippen LogP contribution in [-0.4, -0.2) is 50.1 Å². The molecule has 200 valence electrons. The summed E-state index contributed by atoms with van der Waals surface area (Å²) >= 11 is 0. The van der Waals surface area contributed by atoms with Gasteiger partial charge in [-0.1, -0.05) is 46.3 Å². The number of carbonyl (C=O) groups excluding carboxylic acids is 1. The monoisotopic (exact) mass is 490 g/mol. The van der Waals surface area contributed by atoms with Gasteiger partial charge >= 0.3 is 0 Å². The van der Waals surface area contributed by atoms with E-state index in [1.807, 2.05) is 20.8 Å². The second-order valence-electron chi connectivity index (χ2n) is 14.6. The number of rotatable bonds is 4. The van der Waals surface area contributed by atoms with Gasteiger partial charge in [-0.3, -0.25) is 4.79 Å². The lowest BCUT2D eigenvalue weighted by Crippen LogP contribution is -2.73. The number of Topliss-reactive ketones (excluding diaryl/α,β-unsaturated/α-hetero) is 1. The van der Waals surface area contributed by atoms with Crippen LogP contribution in [0.5, 0.6) is 0 Å². The summed E-state index contributed by atoms with van der Waals surface area (Å²) in [6, 6.07) is 0.